The third-order valence-corrected chi connectivity index (χ3v) is 2.90. The van der Waals surface area contributed by atoms with Crippen LogP contribution in [0.15, 0.2) is 29.4 Å². The van der Waals surface area contributed by atoms with Crippen LogP contribution in [-0.2, 0) is 9.84 Å². The molecule has 0 unspecified atom stereocenters. The molecule has 2 N–H and O–H groups in total. The molecule has 0 aliphatic rings. The summed E-state index contributed by atoms with van der Waals surface area (Å²) in [6.07, 6.45) is 2.74. The minimum Gasteiger partial charge on any atom is -0.395 e. The second kappa shape index (κ2) is 2.71. The fourth-order valence-corrected chi connectivity index (χ4v) is 2.01. The van der Waals surface area contributed by atoms with Gasteiger partial charge >= 0.3 is 0 Å². The van der Waals surface area contributed by atoms with Crippen LogP contribution in [0.25, 0.3) is 5.52 Å². The molecular weight excluding hydrogens is 202 g/mol. The summed E-state index contributed by atoms with van der Waals surface area (Å²) in [5.74, 6) is 0. The second-order valence-corrected chi connectivity index (χ2v) is 4.95. The lowest BCUT2D eigenvalue weighted by Gasteiger charge is -1.91. The van der Waals surface area contributed by atoms with E-state index in [0.717, 1.165) is 6.26 Å². The Labute approximate surface area is 81.1 Å². The van der Waals surface area contributed by atoms with E-state index < -0.39 is 9.84 Å². The number of hydrogen-bond donors (Lipinski definition) is 1. The first-order valence-electron chi connectivity index (χ1n) is 3.93. The lowest BCUT2D eigenvalue weighted by atomic mass is 10.4. The molecule has 2 aromatic rings. The first kappa shape index (κ1) is 9.01. The maximum atomic E-state index is 11.3. The number of nitrogens with zero attached hydrogens (tertiary/aromatic N) is 2. The highest BCUT2D eigenvalue weighted by Gasteiger charge is 2.18. The lowest BCUT2D eigenvalue weighted by molar-refractivity contribution is 0.597. The van der Waals surface area contributed by atoms with Gasteiger partial charge in [0.05, 0.1) is 11.2 Å². The van der Waals surface area contributed by atoms with Gasteiger partial charge in [0.2, 0.25) is 5.03 Å². The van der Waals surface area contributed by atoms with E-state index >= 15 is 0 Å². The molecule has 2 aromatic heterocycles. The molecule has 0 fully saturated rings. The van der Waals surface area contributed by atoms with E-state index in [1.54, 1.807) is 24.4 Å². The van der Waals surface area contributed by atoms with Gasteiger partial charge in [-0.25, -0.2) is 12.9 Å². The molecular formula is C8H9N3O2S. The fourth-order valence-electron chi connectivity index (χ4n) is 1.27. The van der Waals surface area contributed by atoms with Crippen molar-refractivity contribution in [2.24, 2.45) is 0 Å². The van der Waals surface area contributed by atoms with Gasteiger partial charge in [0.25, 0.3) is 0 Å². The summed E-state index contributed by atoms with van der Waals surface area (Å²) in [4.78, 5) is 0. The maximum absolute atomic E-state index is 11.3. The number of rotatable bonds is 1. The van der Waals surface area contributed by atoms with Gasteiger partial charge in [-0.05, 0) is 12.1 Å². The third-order valence-electron chi connectivity index (χ3n) is 1.90. The molecule has 6 heteroatoms. The van der Waals surface area contributed by atoms with E-state index in [2.05, 4.69) is 5.10 Å². The number of sulfone groups is 1. The van der Waals surface area contributed by atoms with E-state index in [1.165, 1.54) is 4.52 Å². The van der Waals surface area contributed by atoms with E-state index in [-0.39, 0.29) is 10.7 Å². The lowest BCUT2D eigenvalue weighted by Crippen LogP contribution is -2.01. The largest absolute Gasteiger partial charge is 0.395 e. The normalized spacial score (nSPS) is 12.1. The Kier molecular flexibility index (Phi) is 1.75. The van der Waals surface area contributed by atoms with Crippen molar-refractivity contribution in [3.8, 4) is 0 Å². The van der Waals surface area contributed by atoms with Crippen molar-refractivity contribution < 1.29 is 8.42 Å². The van der Waals surface area contributed by atoms with Crippen LogP contribution >= 0.6 is 0 Å². The molecule has 0 aliphatic carbocycles. The quantitative estimate of drug-likeness (QED) is 0.736. The summed E-state index contributed by atoms with van der Waals surface area (Å²) in [6.45, 7) is 0. The number of aromatic nitrogens is 2. The number of nitrogen functional groups attached to an aromatic ring is 1. The van der Waals surface area contributed by atoms with E-state index in [1.807, 2.05) is 0 Å². The van der Waals surface area contributed by atoms with Gasteiger partial charge < -0.3 is 5.73 Å². The highest BCUT2D eigenvalue weighted by atomic mass is 32.2. The molecule has 0 amide bonds. The Bertz CT molecular complexity index is 586. The molecule has 5 nitrogen and oxygen atoms in total. The summed E-state index contributed by atoms with van der Waals surface area (Å²) < 4.78 is 24.0. The minimum absolute atomic E-state index is 0.0660. The Morgan fingerprint density at radius 3 is 2.71 bits per heavy atom. The predicted octanol–water partition coefficient (Wildman–Crippen LogP) is 0.320. The van der Waals surface area contributed by atoms with Gasteiger partial charge in [-0.1, -0.05) is 6.07 Å². The zero-order valence-corrected chi connectivity index (χ0v) is 8.32. The van der Waals surface area contributed by atoms with Crippen molar-refractivity contribution in [3.63, 3.8) is 0 Å². The van der Waals surface area contributed by atoms with Crippen molar-refractivity contribution >= 4 is 21.0 Å². The van der Waals surface area contributed by atoms with Crippen molar-refractivity contribution in [1.82, 2.24) is 9.61 Å². The summed E-state index contributed by atoms with van der Waals surface area (Å²) in [5, 5.41) is 3.82. The molecule has 0 aliphatic heterocycles. The fraction of sp³-hybridized carbons (Fsp3) is 0.125. The maximum Gasteiger partial charge on any atom is 0.200 e. The van der Waals surface area contributed by atoms with E-state index in [9.17, 15) is 8.42 Å². The van der Waals surface area contributed by atoms with Gasteiger partial charge in [-0.15, -0.1) is 0 Å². The first-order valence-corrected chi connectivity index (χ1v) is 5.82. The molecule has 0 aromatic carbocycles. The smallest absolute Gasteiger partial charge is 0.200 e. The zero-order chi connectivity index (χ0) is 10.3. The number of anilines is 1. The molecule has 2 heterocycles. The van der Waals surface area contributed by atoms with Crippen molar-refractivity contribution in [2.45, 2.75) is 5.03 Å². The number of pyridine rings is 1. The predicted molar refractivity (Wildman–Crippen MR) is 52.7 cm³/mol. The first-order chi connectivity index (χ1) is 6.50. The van der Waals surface area contributed by atoms with E-state index in [4.69, 9.17) is 5.73 Å². The van der Waals surface area contributed by atoms with Crippen LogP contribution in [0.5, 0.6) is 0 Å². The molecule has 0 saturated carbocycles. The standard InChI is InChI=1S/C8H9N3O2S/c1-14(12,13)8-7(9)6-4-2-3-5-11(6)10-8/h2-5H,9H2,1H3. The average molecular weight is 211 g/mol. The zero-order valence-electron chi connectivity index (χ0n) is 7.51. The van der Waals surface area contributed by atoms with Crippen LogP contribution in [-0.4, -0.2) is 24.3 Å². The topological polar surface area (TPSA) is 77.5 Å². The summed E-state index contributed by atoms with van der Waals surface area (Å²) >= 11 is 0. The van der Waals surface area contributed by atoms with Crippen LogP contribution in [0.1, 0.15) is 0 Å². The summed E-state index contributed by atoms with van der Waals surface area (Å²) in [5.41, 5.74) is 6.47. The van der Waals surface area contributed by atoms with E-state index in [0.29, 0.717) is 5.52 Å². The Balaban J connectivity index is 2.89. The molecule has 2 rings (SSSR count). The molecule has 0 radical (unpaired) electrons. The average Bonchev–Trinajstić information content (AvgIpc) is 2.44. The Morgan fingerprint density at radius 1 is 1.43 bits per heavy atom. The SMILES string of the molecule is CS(=O)(=O)c1nn2ccccc2c1N. The van der Waals surface area contributed by atoms with Crippen molar-refractivity contribution in [3.05, 3.63) is 24.4 Å². The number of hydrogen-bond acceptors (Lipinski definition) is 4. The highest BCUT2D eigenvalue weighted by molar-refractivity contribution is 7.90. The van der Waals surface area contributed by atoms with Gasteiger partial charge in [-0.2, -0.15) is 5.10 Å². The van der Waals surface area contributed by atoms with Gasteiger partial charge in [-0.3, -0.25) is 0 Å². The molecule has 0 bridgehead atoms. The third kappa shape index (κ3) is 1.24. The molecule has 14 heavy (non-hydrogen) atoms. The van der Waals surface area contributed by atoms with Crippen LogP contribution < -0.4 is 5.73 Å². The van der Waals surface area contributed by atoms with Crippen molar-refractivity contribution in [1.29, 1.82) is 0 Å². The molecule has 0 spiro atoms. The van der Waals surface area contributed by atoms with Gasteiger partial charge in [0.1, 0.15) is 0 Å². The molecule has 0 atom stereocenters. The second-order valence-electron chi connectivity index (χ2n) is 3.02. The van der Waals surface area contributed by atoms with Crippen LogP contribution in [0, 0.1) is 0 Å². The number of nitrogens with two attached hydrogens (primary N) is 1. The molecule has 0 saturated heterocycles. The monoisotopic (exact) mass is 211 g/mol. The van der Waals surface area contributed by atoms with Crippen molar-refractivity contribution in [2.75, 3.05) is 12.0 Å². The van der Waals surface area contributed by atoms with Gasteiger partial charge in [0.15, 0.2) is 9.84 Å². The van der Waals surface area contributed by atoms with Crippen LogP contribution in [0.4, 0.5) is 5.69 Å². The summed E-state index contributed by atoms with van der Waals surface area (Å²) in [7, 11) is -3.35. The van der Waals surface area contributed by atoms with Gasteiger partial charge in [0, 0.05) is 12.5 Å². The molecule has 74 valence electrons. The Hall–Kier alpha value is -1.56. The Morgan fingerprint density at radius 2 is 2.14 bits per heavy atom. The number of fused-ring (bicyclic) bond motifs is 1. The van der Waals surface area contributed by atoms with Crippen LogP contribution in [0.2, 0.25) is 0 Å². The van der Waals surface area contributed by atoms with Crippen LogP contribution in [0.3, 0.4) is 0 Å². The summed E-state index contributed by atoms with van der Waals surface area (Å²) in [6, 6.07) is 5.25. The highest BCUT2D eigenvalue weighted by Crippen LogP contribution is 2.21. The minimum atomic E-state index is -3.35.